The number of nitrogens with zero attached hydrogens (tertiary/aromatic N) is 1. The lowest BCUT2D eigenvalue weighted by Crippen LogP contribution is -2.39. The summed E-state index contributed by atoms with van der Waals surface area (Å²) in [6.45, 7) is 8.77. The van der Waals surface area contributed by atoms with Gasteiger partial charge in [-0.05, 0) is 30.0 Å². The number of nitrogens with two attached hydrogens (primary N) is 1. The van der Waals surface area contributed by atoms with E-state index in [4.69, 9.17) is 5.73 Å². The predicted molar refractivity (Wildman–Crippen MR) is 73.1 cm³/mol. The molecule has 1 aliphatic rings. The number of benzene rings is 1. The highest BCUT2D eigenvalue weighted by Gasteiger charge is 2.34. The van der Waals surface area contributed by atoms with Crippen molar-refractivity contribution in [1.29, 1.82) is 0 Å². The molecule has 1 fully saturated rings. The van der Waals surface area contributed by atoms with Gasteiger partial charge in [0, 0.05) is 13.1 Å². The van der Waals surface area contributed by atoms with Crippen molar-refractivity contribution in [2.75, 3.05) is 20.1 Å². The molecule has 17 heavy (non-hydrogen) atoms. The molecule has 0 bridgehead atoms. The average molecular weight is 232 g/mol. The van der Waals surface area contributed by atoms with E-state index in [2.05, 4.69) is 57.0 Å². The highest BCUT2D eigenvalue weighted by Crippen LogP contribution is 2.30. The number of rotatable bonds is 1. The third-order valence-electron chi connectivity index (χ3n) is 3.82. The summed E-state index contributed by atoms with van der Waals surface area (Å²) in [4.78, 5) is 2.30. The first-order chi connectivity index (χ1) is 7.81. The van der Waals surface area contributed by atoms with Gasteiger partial charge in [0.25, 0.3) is 0 Å². The summed E-state index contributed by atoms with van der Waals surface area (Å²) < 4.78 is 0. The zero-order chi connectivity index (χ0) is 12.7. The van der Waals surface area contributed by atoms with E-state index in [1.807, 2.05) is 0 Å². The Morgan fingerprint density at radius 2 is 1.76 bits per heavy atom. The Morgan fingerprint density at radius 1 is 1.18 bits per heavy atom. The number of hydrogen-bond donors (Lipinski definition) is 1. The van der Waals surface area contributed by atoms with Gasteiger partial charge in [0.2, 0.25) is 0 Å². The summed E-state index contributed by atoms with van der Waals surface area (Å²) in [5.74, 6) is 0. The van der Waals surface area contributed by atoms with E-state index in [1.165, 1.54) is 11.1 Å². The fraction of sp³-hybridized carbons (Fsp3) is 0.600. The monoisotopic (exact) mass is 232 g/mol. The van der Waals surface area contributed by atoms with Crippen molar-refractivity contribution in [3.05, 3.63) is 35.4 Å². The second-order valence-corrected chi connectivity index (χ2v) is 6.47. The van der Waals surface area contributed by atoms with E-state index in [0.717, 1.165) is 19.5 Å². The minimum absolute atomic E-state index is 0.148. The van der Waals surface area contributed by atoms with Gasteiger partial charge in [-0.3, -0.25) is 0 Å². The Bertz CT molecular complexity index is 388. The lowest BCUT2D eigenvalue weighted by Gasteiger charge is -2.26. The van der Waals surface area contributed by atoms with Crippen LogP contribution in [0.2, 0.25) is 0 Å². The summed E-state index contributed by atoms with van der Waals surface area (Å²) in [5, 5.41) is 0. The molecular formula is C15H24N2. The van der Waals surface area contributed by atoms with Gasteiger partial charge in [-0.2, -0.15) is 0 Å². The summed E-state index contributed by atoms with van der Waals surface area (Å²) in [6.07, 6.45) is 1.05. The molecule has 0 saturated carbocycles. The molecule has 1 aliphatic heterocycles. The van der Waals surface area contributed by atoms with E-state index in [-0.39, 0.29) is 11.0 Å². The third-order valence-corrected chi connectivity index (χ3v) is 3.82. The maximum Gasteiger partial charge on any atom is 0.0550 e. The van der Waals surface area contributed by atoms with Crippen molar-refractivity contribution in [3.8, 4) is 0 Å². The molecule has 2 heteroatoms. The Kier molecular flexibility index (Phi) is 3.04. The normalized spacial score (nSPS) is 26.4. The quantitative estimate of drug-likeness (QED) is 0.806. The van der Waals surface area contributed by atoms with Crippen molar-refractivity contribution in [3.63, 3.8) is 0 Å². The first-order valence-corrected chi connectivity index (χ1v) is 6.40. The number of likely N-dealkylation sites (N-methyl/N-ethyl adjacent to an activating group) is 1. The zero-order valence-electron chi connectivity index (χ0n) is 11.5. The summed E-state index contributed by atoms with van der Waals surface area (Å²) in [6, 6.07) is 8.87. The average Bonchev–Trinajstić information content (AvgIpc) is 2.59. The molecule has 0 amide bonds. The van der Waals surface area contributed by atoms with Gasteiger partial charge in [0.05, 0.1) is 5.54 Å². The van der Waals surface area contributed by atoms with Crippen molar-refractivity contribution in [1.82, 2.24) is 4.90 Å². The highest BCUT2D eigenvalue weighted by molar-refractivity contribution is 5.32. The Balaban J connectivity index is 2.24. The Morgan fingerprint density at radius 3 is 2.18 bits per heavy atom. The van der Waals surface area contributed by atoms with Gasteiger partial charge in [0.1, 0.15) is 0 Å². The molecule has 0 radical (unpaired) electrons. The standard InChI is InChI=1S/C15H24N2/c1-14(2,3)12-5-7-13(8-6-12)15(16)9-10-17(4)11-15/h5-8H,9-11,16H2,1-4H3. The Hall–Kier alpha value is -0.860. The molecule has 1 heterocycles. The molecule has 0 aliphatic carbocycles. The van der Waals surface area contributed by atoms with Gasteiger partial charge in [-0.25, -0.2) is 0 Å². The minimum Gasteiger partial charge on any atom is -0.320 e. The molecule has 0 aromatic heterocycles. The summed E-state index contributed by atoms with van der Waals surface area (Å²) in [5.41, 5.74) is 9.20. The lowest BCUT2D eigenvalue weighted by atomic mass is 9.83. The van der Waals surface area contributed by atoms with E-state index in [0.29, 0.717) is 0 Å². The van der Waals surface area contributed by atoms with Crippen LogP contribution in [0, 0.1) is 0 Å². The van der Waals surface area contributed by atoms with Gasteiger partial charge >= 0.3 is 0 Å². The Labute approximate surface area is 105 Å². The maximum absolute atomic E-state index is 6.49. The highest BCUT2D eigenvalue weighted by atomic mass is 15.2. The van der Waals surface area contributed by atoms with Gasteiger partial charge in [-0.15, -0.1) is 0 Å². The van der Waals surface area contributed by atoms with Crippen LogP contribution in [-0.2, 0) is 11.0 Å². The molecule has 1 aromatic rings. The molecule has 2 rings (SSSR count). The van der Waals surface area contributed by atoms with Gasteiger partial charge in [-0.1, -0.05) is 45.0 Å². The van der Waals surface area contributed by atoms with Crippen LogP contribution in [0.5, 0.6) is 0 Å². The van der Waals surface area contributed by atoms with Gasteiger partial charge in [0.15, 0.2) is 0 Å². The van der Waals surface area contributed by atoms with Gasteiger partial charge < -0.3 is 10.6 Å². The van der Waals surface area contributed by atoms with Crippen LogP contribution in [0.15, 0.2) is 24.3 Å². The van der Waals surface area contributed by atoms with E-state index < -0.39 is 0 Å². The van der Waals surface area contributed by atoms with Crippen LogP contribution in [0.3, 0.4) is 0 Å². The third kappa shape index (κ3) is 2.53. The molecule has 0 spiro atoms. The van der Waals surface area contributed by atoms with E-state index in [9.17, 15) is 0 Å². The van der Waals surface area contributed by atoms with Crippen molar-refractivity contribution in [2.24, 2.45) is 5.73 Å². The molecule has 2 nitrogen and oxygen atoms in total. The van der Waals surface area contributed by atoms with Crippen LogP contribution in [0.1, 0.15) is 38.3 Å². The number of likely N-dealkylation sites (tertiary alicyclic amines) is 1. The van der Waals surface area contributed by atoms with Crippen LogP contribution in [0.25, 0.3) is 0 Å². The molecule has 94 valence electrons. The molecule has 1 atom stereocenters. The number of hydrogen-bond acceptors (Lipinski definition) is 2. The first kappa shape index (κ1) is 12.6. The second-order valence-electron chi connectivity index (χ2n) is 6.47. The fourth-order valence-corrected chi connectivity index (χ4v) is 2.57. The van der Waals surface area contributed by atoms with Crippen molar-refractivity contribution in [2.45, 2.75) is 38.1 Å². The SMILES string of the molecule is CN1CCC(N)(c2ccc(C(C)(C)C)cc2)C1. The molecule has 1 aromatic carbocycles. The van der Waals surface area contributed by atoms with Crippen LogP contribution in [-0.4, -0.2) is 25.0 Å². The lowest BCUT2D eigenvalue weighted by molar-refractivity contribution is 0.373. The first-order valence-electron chi connectivity index (χ1n) is 6.40. The summed E-state index contributed by atoms with van der Waals surface area (Å²) in [7, 11) is 2.14. The largest absolute Gasteiger partial charge is 0.320 e. The predicted octanol–water partition coefficient (Wildman–Crippen LogP) is 2.47. The topological polar surface area (TPSA) is 29.3 Å². The zero-order valence-corrected chi connectivity index (χ0v) is 11.5. The van der Waals surface area contributed by atoms with E-state index >= 15 is 0 Å². The van der Waals surface area contributed by atoms with Crippen molar-refractivity contribution < 1.29 is 0 Å². The molecule has 2 N–H and O–H groups in total. The van der Waals surface area contributed by atoms with Crippen LogP contribution >= 0.6 is 0 Å². The second kappa shape index (κ2) is 4.11. The van der Waals surface area contributed by atoms with Crippen LogP contribution in [0.4, 0.5) is 0 Å². The van der Waals surface area contributed by atoms with Crippen LogP contribution < -0.4 is 5.73 Å². The summed E-state index contributed by atoms with van der Waals surface area (Å²) >= 11 is 0. The maximum atomic E-state index is 6.49. The molecular weight excluding hydrogens is 208 g/mol. The smallest absolute Gasteiger partial charge is 0.0550 e. The fourth-order valence-electron chi connectivity index (χ4n) is 2.57. The molecule has 1 unspecified atom stereocenters. The van der Waals surface area contributed by atoms with E-state index in [1.54, 1.807) is 0 Å². The minimum atomic E-state index is -0.148. The van der Waals surface area contributed by atoms with Crippen molar-refractivity contribution >= 4 is 0 Å². The molecule has 1 saturated heterocycles.